The summed E-state index contributed by atoms with van der Waals surface area (Å²) in [6.07, 6.45) is 3.31. The van der Waals surface area contributed by atoms with Gasteiger partial charge in [-0.25, -0.2) is 4.39 Å². The molecule has 0 spiro atoms. The van der Waals surface area contributed by atoms with Crippen molar-refractivity contribution >= 4 is 0 Å². The van der Waals surface area contributed by atoms with Gasteiger partial charge in [-0.2, -0.15) is 0 Å². The lowest BCUT2D eigenvalue weighted by Crippen LogP contribution is -2.44. The van der Waals surface area contributed by atoms with Gasteiger partial charge in [-0.15, -0.1) is 0 Å². The summed E-state index contributed by atoms with van der Waals surface area (Å²) >= 11 is 0. The third-order valence-corrected chi connectivity index (χ3v) is 3.47. The van der Waals surface area contributed by atoms with Gasteiger partial charge in [0.05, 0.1) is 13.2 Å². The van der Waals surface area contributed by atoms with Gasteiger partial charge in [0.25, 0.3) is 0 Å². The van der Waals surface area contributed by atoms with E-state index in [4.69, 9.17) is 4.74 Å². The molecule has 1 aromatic carbocycles. The Morgan fingerprint density at radius 3 is 2.94 bits per heavy atom. The van der Waals surface area contributed by atoms with Gasteiger partial charge in [-0.05, 0) is 43.5 Å². The van der Waals surface area contributed by atoms with Crippen molar-refractivity contribution in [1.82, 2.24) is 5.32 Å². The highest BCUT2D eigenvalue weighted by molar-refractivity contribution is 5.29. The van der Waals surface area contributed by atoms with Gasteiger partial charge in [-0.1, -0.05) is 12.5 Å². The topological polar surface area (TPSA) is 41.5 Å². The van der Waals surface area contributed by atoms with Crippen molar-refractivity contribution in [3.8, 4) is 5.75 Å². The molecule has 0 saturated carbocycles. The number of aliphatic hydroxyl groups is 1. The van der Waals surface area contributed by atoms with Crippen LogP contribution in [0.25, 0.3) is 0 Å². The second kappa shape index (κ2) is 6.16. The van der Waals surface area contributed by atoms with E-state index < -0.39 is 6.10 Å². The van der Waals surface area contributed by atoms with Crippen LogP contribution >= 0.6 is 0 Å². The lowest BCUT2D eigenvalue weighted by atomic mass is 9.95. The van der Waals surface area contributed by atoms with Gasteiger partial charge >= 0.3 is 0 Å². The molecule has 100 valence electrons. The predicted octanol–water partition coefficient (Wildman–Crippen LogP) is 1.88. The molecule has 2 atom stereocenters. The van der Waals surface area contributed by atoms with Crippen LogP contribution in [0.3, 0.4) is 0 Å². The number of hydrogen-bond acceptors (Lipinski definition) is 3. The predicted molar refractivity (Wildman–Crippen MR) is 68.3 cm³/mol. The molecule has 0 bridgehead atoms. The van der Waals surface area contributed by atoms with Crippen molar-refractivity contribution in [1.29, 1.82) is 0 Å². The minimum absolute atomic E-state index is 0.129. The van der Waals surface area contributed by atoms with Crippen LogP contribution in [-0.4, -0.2) is 30.9 Å². The Balaban J connectivity index is 1.97. The molecule has 1 aliphatic heterocycles. The zero-order valence-electron chi connectivity index (χ0n) is 10.7. The number of hydrogen-bond donors (Lipinski definition) is 2. The molecule has 1 aliphatic rings. The molecule has 2 unspecified atom stereocenters. The third kappa shape index (κ3) is 3.21. The number of nitrogens with one attached hydrogen (secondary N) is 1. The van der Waals surface area contributed by atoms with Crippen molar-refractivity contribution in [3.05, 3.63) is 29.6 Å². The molecule has 1 fully saturated rings. The molecule has 0 aromatic heterocycles. The molecule has 4 heteroatoms. The molecule has 2 N–H and O–H groups in total. The van der Waals surface area contributed by atoms with Crippen LogP contribution in [0.5, 0.6) is 5.75 Å². The summed E-state index contributed by atoms with van der Waals surface area (Å²) in [7, 11) is 1.44. The molecular formula is C14H20FNO2. The number of benzene rings is 1. The number of piperidine rings is 1. The highest BCUT2D eigenvalue weighted by atomic mass is 19.1. The highest BCUT2D eigenvalue weighted by Crippen LogP contribution is 2.20. The summed E-state index contributed by atoms with van der Waals surface area (Å²) < 4.78 is 18.4. The Kier molecular flexibility index (Phi) is 4.55. The molecule has 0 amide bonds. The van der Waals surface area contributed by atoms with Crippen LogP contribution in [0, 0.1) is 5.82 Å². The summed E-state index contributed by atoms with van der Waals surface area (Å²) in [6.45, 7) is 0.957. The highest BCUT2D eigenvalue weighted by Gasteiger charge is 2.21. The van der Waals surface area contributed by atoms with Gasteiger partial charge in [0.1, 0.15) is 0 Å². The molecule has 18 heavy (non-hydrogen) atoms. The Bertz CT molecular complexity index is 391. The normalized spacial score (nSPS) is 21.6. The largest absolute Gasteiger partial charge is 0.494 e. The summed E-state index contributed by atoms with van der Waals surface area (Å²) in [4.78, 5) is 0. The Morgan fingerprint density at radius 2 is 2.33 bits per heavy atom. The van der Waals surface area contributed by atoms with E-state index in [2.05, 4.69) is 5.32 Å². The first-order valence-electron chi connectivity index (χ1n) is 6.44. The van der Waals surface area contributed by atoms with E-state index in [1.165, 1.54) is 19.6 Å². The smallest absolute Gasteiger partial charge is 0.165 e. The van der Waals surface area contributed by atoms with Gasteiger partial charge < -0.3 is 15.2 Å². The second-order valence-electron chi connectivity index (χ2n) is 4.80. The van der Waals surface area contributed by atoms with E-state index in [1.54, 1.807) is 12.1 Å². The van der Waals surface area contributed by atoms with Crippen molar-refractivity contribution in [2.45, 2.75) is 37.8 Å². The van der Waals surface area contributed by atoms with Gasteiger partial charge in [0.2, 0.25) is 0 Å². The van der Waals surface area contributed by atoms with Crippen molar-refractivity contribution in [2.75, 3.05) is 13.7 Å². The average molecular weight is 253 g/mol. The third-order valence-electron chi connectivity index (χ3n) is 3.47. The fourth-order valence-electron chi connectivity index (χ4n) is 2.43. The quantitative estimate of drug-likeness (QED) is 0.861. The number of ether oxygens (including phenoxy) is 1. The van der Waals surface area contributed by atoms with Crippen LogP contribution < -0.4 is 10.1 Å². The van der Waals surface area contributed by atoms with Gasteiger partial charge in [0.15, 0.2) is 11.6 Å². The van der Waals surface area contributed by atoms with E-state index >= 15 is 0 Å². The fourth-order valence-corrected chi connectivity index (χ4v) is 2.43. The molecular weight excluding hydrogens is 233 g/mol. The van der Waals surface area contributed by atoms with Gasteiger partial charge in [-0.3, -0.25) is 0 Å². The summed E-state index contributed by atoms with van der Waals surface area (Å²) in [5.74, 6) is -0.136. The molecule has 1 aromatic rings. The lowest BCUT2D eigenvalue weighted by Gasteiger charge is -2.28. The average Bonchev–Trinajstić information content (AvgIpc) is 2.40. The van der Waals surface area contributed by atoms with E-state index in [0.717, 1.165) is 24.9 Å². The Morgan fingerprint density at radius 1 is 1.50 bits per heavy atom. The molecule has 1 heterocycles. The van der Waals surface area contributed by atoms with Crippen molar-refractivity contribution < 1.29 is 14.2 Å². The maximum absolute atomic E-state index is 13.5. The number of aliphatic hydroxyl groups excluding tert-OH is 1. The zero-order chi connectivity index (χ0) is 13.0. The van der Waals surface area contributed by atoms with Crippen LogP contribution in [0.1, 0.15) is 24.8 Å². The lowest BCUT2D eigenvalue weighted by molar-refractivity contribution is 0.113. The fraction of sp³-hybridized carbons (Fsp3) is 0.571. The monoisotopic (exact) mass is 253 g/mol. The standard InChI is InChI=1S/C14H20FNO2/c1-18-14-6-5-10(8-11(14)15)9-13(17)12-4-2-3-7-16-12/h5-6,8,12-13,16-17H,2-4,7,9H2,1H3. The van der Waals surface area contributed by atoms with Crippen LogP contribution in [-0.2, 0) is 6.42 Å². The summed E-state index contributed by atoms with van der Waals surface area (Å²) in [5.41, 5.74) is 0.799. The first-order chi connectivity index (χ1) is 8.70. The molecule has 1 saturated heterocycles. The maximum Gasteiger partial charge on any atom is 0.165 e. The van der Waals surface area contributed by atoms with Crippen molar-refractivity contribution in [2.24, 2.45) is 0 Å². The minimum atomic E-state index is -0.460. The number of rotatable bonds is 4. The second-order valence-corrected chi connectivity index (χ2v) is 4.80. The zero-order valence-corrected chi connectivity index (χ0v) is 10.7. The first-order valence-corrected chi connectivity index (χ1v) is 6.44. The Hall–Kier alpha value is -1.13. The van der Waals surface area contributed by atoms with Crippen molar-refractivity contribution in [3.63, 3.8) is 0 Å². The van der Waals surface area contributed by atoms with Crippen LogP contribution in [0.15, 0.2) is 18.2 Å². The van der Waals surface area contributed by atoms with Crippen LogP contribution in [0.4, 0.5) is 4.39 Å². The van der Waals surface area contributed by atoms with E-state index in [1.807, 2.05) is 0 Å². The maximum atomic E-state index is 13.5. The number of methoxy groups -OCH3 is 1. The molecule has 2 rings (SSSR count). The number of halogens is 1. The summed E-state index contributed by atoms with van der Waals surface area (Å²) in [5, 5.41) is 13.4. The molecule has 0 aliphatic carbocycles. The first kappa shape index (κ1) is 13.3. The molecule has 3 nitrogen and oxygen atoms in total. The SMILES string of the molecule is COc1ccc(CC(O)C2CCCCN2)cc1F. The van der Waals surface area contributed by atoms with Crippen LogP contribution in [0.2, 0.25) is 0 Å². The van der Waals surface area contributed by atoms with E-state index in [-0.39, 0.29) is 17.6 Å². The van der Waals surface area contributed by atoms with E-state index in [9.17, 15) is 9.50 Å². The van der Waals surface area contributed by atoms with Gasteiger partial charge in [0, 0.05) is 6.04 Å². The summed E-state index contributed by atoms with van der Waals surface area (Å²) in [6, 6.07) is 4.97. The molecule has 0 radical (unpaired) electrons. The Labute approximate surface area is 107 Å². The van der Waals surface area contributed by atoms with E-state index in [0.29, 0.717) is 6.42 Å². The minimum Gasteiger partial charge on any atom is -0.494 e.